The van der Waals surface area contributed by atoms with Crippen LogP contribution in [0.2, 0.25) is 0 Å². The molecule has 1 saturated heterocycles. The first kappa shape index (κ1) is 21.7. The van der Waals surface area contributed by atoms with Gasteiger partial charge in [0.2, 0.25) is 0 Å². The normalized spacial score (nSPS) is 13.9. The van der Waals surface area contributed by atoms with Gasteiger partial charge in [0.25, 0.3) is 5.69 Å². The number of anilines is 1. The maximum absolute atomic E-state index is 11.7. The van der Waals surface area contributed by atoms with Gasteiger partial charge in [0.15, 0.2) is 0 Å². The van der Waals surface area contributed by atoms with Crippen LogP contribution in [0.5, 0.6) is 0 Å². The number of benzene rings is 2. The number of nitro benzene ring substituents is 1. The number of aliphatic hydroxyl groups is 1. The van der Waals surface area contributed by atoms with Crippen LogP contribution < -0.4 is 5.32 Å². The van der Waals surface area contributed by atoms with Gasteiger partial charge in [-0.2, -0.15) is 0 Å². The van der Waals surface area contributed by atoms with E-state index in [1.165, 1.54) is 6.07 Å². The van der Waals surface area contributed by atoms with E-state index in [2.05, 4.69) is 5.32 Å². The van der Waals surface area contributed by atoms with Crippen LogP contribution in [0.25, 0.3) is 0 Å². The van der Waals surface area contributed by atoms with Crippen LogP contribution in [0.15, 0.2) is 42.5 Å². The number of nitrogens with one attached hydrogen (secondary N) is 1. The average molecular weight is 417 g/mol. The molecule has 0 amide bonds. The van der Waals surface area contributed by atoms with E-state index < -0.39 is 10.9 Å². The van der Waals surface area contributed by atoms with Crippen molar-refractivity contribution in [3.05, 3.63) is 69.3 Å². The SMILES string of the molecule is O=C(CCCc1ccc(NCc2ccc([N+](=O)[O-])c(CO)c2)cc1)ON1OCCO1. The molecule has 1 fully saturated rings. The molecule has 1 aliphatic rings. The van der Waals surface area contributed by atoms with E-state index >= 15 is 0 Å². The van der Waals surface area contributed by atoms with Crippen LogP contribution in [-0.2, 0) is 38.9 Å². The third kappa shape index (κ3) is 6.22. The van der Waals surface area contributed by atoms with Gasteiger partial charge >= 0.3 is 5.97 Å². The number of nitrogens with zero attached hydrogens (tertiary/aromatic N) is 2. The Kier molecular flexibility index (Phi) is 7.69. The molecule has 0 unspecified atom stereocenters. The summed E-state index contributed by atoms with van der Waals surface area (Å²) in [5.41, 5.74) is 3.01. The number of aryl methyl sites for hydroxylation is 1. The molecular formula is C20H23N3O7. The Hall–Kier alpha value is -3.05. The van der Waals surface area contributed by atoms with Crippen LogP contribution in [-0.4, -0.2) is 34.6 Å². The molecule has 30 heavy (non-hydrogen) atoms. The molecular weight excluding hydrogens is 394 g/mol. The van der Waals surface area contributed by atoms with Crippen molar-refractivity contribution in [3.63, 3.8) is 0 Å². The molecule has 0 saturated carbocycles. The Morgan fingerprint density at radius 1 is 1.17 bits per heavy atom. The fraction of sp³-hybridized carbons (Fsp3) is 0.350. The third-order valence-electron chi connectivity index (χ3n) is 4.46. The van der Waals surface area contributed by atoms with Gasteiger partial charge in [-0.15, -0.1) is 0 Å². The lowest BCUT2D eigenvalue weighted by atomic mass is 10.1. The lowest BCUT2D eigenvalue weighted by Crippen LogP contribution is -2.21. The molecule has 2 aromatic carbocycles. The van der Waals surface area contributed by atoms with Crippen LogP contribution >= 0.6 is 0 Å². The fourth-order valence-electron chi connectivity index (χ4n) is 2.93. The lowest BCUT2D eigenvalue weighted by Gasteiger charge is -2.10. The summed E-state index contributed by atoms with van der Waals surface area (Å²) in [4.78, 5) is 36.8. The van der Waals surface area contributed by atoms with Crippen molar-refractivity contribution in [2.24, 2.45) is 0 Å². The van der Waals surface area contributed by atoms with Crippen LogP contribution in [0, 0.1) is 10.1 Å². The second-order valence-electron chi connectivity index (χ2n) is 6.64. The predicted octanol–water partition coefficient (Wildman–Crippen LogP) is 2.66. The molecule has 3 rings (SSSR count). The summed E-state index contributed by atoms with van der Waals surface area (Å²) in [7, 11) is 0. The Bertz CT molecular complexity index is 867. The van der Waals surface area contributed by atoms with Gasteiger partial charge < -0.3 is 15.3 Å². The van der Waals surface area contributed by atoms with Gasteiger partial charge in [0.05, 0.1) is 17.1 Å². The molecule has 0 radical (unpaired) electrons. The average Bonchev–Trinajstić information content (AvgIpc) is 3.25. The summed E-state index contributed by atoms with van der Waals surface area (Å²) in [6.07, 6.45) is 1.60. The quantitative estimate of drug-likeness (QED) is 0.443. The van der Waals surface area contributed by atoms with Crippen LogP contribution in [0.1, 0.15) is 29.5 Å². The highest BCUT2D eigenvalue weighted by Gasteiger charge is 2.18. The Balaban J connectivity index is 1.43. The number of carbonyl (C=O) groups excluding carboxylic acids is 1. The van der Waals surface area contributed by atoms with Gasteiger partial charge in [-0.05, 0) is 42.2 Å². The van der Waals surface area contributed by atoms with E-state index in [1.807, 2.05) is 24.3 Å². The third-order valence-corrected chi connectivity index (χ3v) is 4.46. The number of rotatable bonds is 10. The zero-order chi connectivity index (χ0) is 21.3. The van der Waals surface area contributed by atoms with E-state index in [9.17, 15) is 20.0 Å². The van der Waals surface area contributed by atoms with Crippen molar-refractivity contribution in [1.29, 1.82) is 0 Å². The summed E-state index contributed by atoms with van der Waals surface area (Å²) in [6.45, 7) is 0.808. The topological polar surface area (TPSA) is 123 Å². The van der Waals surface area contributed by atoms with E-state index in [0.717, 1.165) is 28.6 Å². The molecule has 0 bridgehead atoms. The van der Waals surface area contributed by atoms with E-state index in [0.29, 0.717) is 26.2 Å². The first-order valence-corrected chi connectivity index (χ1v) is 9.52. The van der Waals surface area contributed by atoms with Gasteiger partial charge in [0.1, 0.15) is 18.6 Å². The highest BCUT2D eigenvalue weighted by molar-refractivity contribution is 5.68. The standard InChI is InChI=1S/C20H23N3O7/c24-14-17-12-16(6-9-19(17)22(26)27)13-21-18-7-4-15(5-8-18)2-1-3-20(25)30-23-28-10-11-29-23/h4-9,12,21,24H,1-3,10-11,13-14H2. The zero-order valence-electron chi connectivity index (χ0n) is 16.3. The smallest absolute Gasteiger partial charge is 0.330 e. The van der Waals surface area contributed by atoms with Crippen molar-refractivity contribution < 1.29 is 29.3 Å². The molecule has 0 aromatic heterocycles. The van der Waals surface area contributed by atoms with Crippen LogP contribution in [0.4, 0.5) is 11.4 Å². The molecule has 10 nitrogen and oxygen atoms in total. The van der Waals surface area contributed by atoms with E-state index in [4.69, 9.17) is 14.5 Å². The second-order valence-corrected chi connectivity index (χ2v) is 6.64. The number of hydrogen-bond acceptors (Lipinski definition) is 9. The number of hydrogen-bond donors (Lipinski definition) is 2. The van der Waals surface area contributed by atoms with E-state index in [1.54, 1.807) is 12.1 Å². The van der Waals surface area contributed by atoms with Crippen molar-refractivity contribution in [2.75, 3.05) is 18.5 Å². The molecule has 0 atom stereocenters. The first-order chi connectivity index (χ1) is 14.5. The highest BCUT2D eigenvalue weighted by Crippen LogP contribution is 2.21. The summed E-state index contributed by atoms with van der Waals surface area (Å²) < 4.78 is 0. The number of aliphatic hydroxyl groups excluding tert-OH is 1. The maximum Gasteiger partial charge on any atom is 0.330 e. The molecule has 2 N–H and O–H groups in total. The van der Waals surface area contributed by atoms with Crippen molar-refractivity contribution in [1.82, 2.24) is 5.39 Å². The molecule has 0 spiro atoms. The molecule has 0 aliphatic carbocycles. The molecule has 1 heterocycles. The maximum atomic E-state index is 11.7. The Morgan fingerprint density at radius 3 is 2.53 bits per heavy atom. The minimum atomic E-state index is -0.505. The van der Waals surface area contributed by atoms with Crippen molar-refractivity contribution >= 4 is 17.3 Å². The number of carbonyl (C=O) groups is 1. The van der Waals surface area contributed by atoms with Crippen molar-refractivity contribution in [2.45, 2.75) is 32.4 Å². The zero-order valence-corrected chi connectivity index (χ0v) is 16.3. The highest BCUT2D eigenvalue weighted by atomic mass is 17.2. The van der Waals surface area contributed by atoms with E-state index in [-0.39, 0.29) is 24.3 Å². The summed E-state index contributed by atoms with van der Waals surface area (Å²) >= 11 is 0. The first-order valence-electron chi connectivity index (χ1n) is 9.52. The van der Waals surface area contributed by atoms with Gasteiger partial charge in [0, 0.05) is 24.7 Å². The monoisotopic (exact) mass is 417 g/mol. The largest absolute Gasteiger partial charge is 0.391 e. The molecule has 1 aliphatic heterocycles. The second kappa shape index (κ2) is 10.6. The van der Waals surface area contributed by atoms with Gasteiger partial charge in [-0.25, -0.2) is 9.68 Å². The van der Waals surface area contributed by atoms with Crippen molar-refractivity contribution in [3.8, 4) is 0 Å². The summed E-state index contributed by atoms with van der Waals surface area (Å²) in [6, 6.07) is 12.5. The Labute approximate surface area is 173 Å². The van der Waals surface area contributed by atoms with Crippen LogP contribution in [0.3, 0.4) is 0 Å². The minimum absolute atomic E-state index is 0.0880. The number of nitro groups is 1. The minimum Gasteiger partial charge on any atom is -0.391 e. The predicted molar refractivity (Wildman–Crippen MR) is 106 cm³/mol. The Morgan fingerprint density at radius 2 is 1.87 bits per heavy atom. The summed E-state index contributed by atoms with van der Waals surface area (Å²) in [5, 5.41) is 24.2. The summed E-state index contributed by atoms with van der Waals surface area (Å²) in [5.74, 6) is -0.416. The molecule has 2 aromatic rings. The molecule has 160 valence electrons. The molecule has 10 heteroatoms. The van der Waals surface area contributed by atoms with Gasteiger partial charge in [-0.1, -0.05) is 18.2 Å². The lowest BCUT2D eigenvalue weighted by molar-refractivity contribution is -0.460. The fourth-order valence-corrected chi connectivity index (χ4v) is 2.93. The van der Waals surface area contributed by atoms with Gasteiger partial charge in [-0.3, -0.25) is 14.9 Å².